The lowest BCUT2D eigenvalue weighted by atomic mass is 9.99. The van der Waals surface area contributed by atoms with Gasteiger partial charge < -0.3 is 10.2 Å². The number of likely N-dealkylation sites (tertiary alicyclic amines) is 1. The second kappa shape index (κ2) is 8.08. The average molecular weight is 226 g/mol. The zero-order valence-corrected chi connectivity index (χ0v) is 11.5. The Morgan fingerprint density at radius 2 is 1.81 bits per heavy atom. The third-order valence-electron chi connectivity index (χ3n) is 3.95. The topological polar surface area (TPSA) is 15.3 Å². The van der Waals surface area contributed by atoms with Crippen LogP contribution in [0.15, 0.2) is 0 Å². The van der Waals surface area contributed by atoms with Gasteiger partial charge in [-0.25, -0.2) is 0 Å². The van der Waals surface area contributed by atoms with Crippen LogP contribution >= 0.6 is 0 Å². The SMILES string of the molecule is CCC(CC)NCCCN1CCC(C)CC1. The van der Waals surface area contributed by atoms with Crippen LogP contribution in [0.4, 0.5) is 0 Å². The summed E-state index contributed by atoms with van der Waals surface area (Å²) in [6.45, 7) is 12.1. The molecule has 0 saturated carbocycles. The molecule has 1 aliphatic rings. The Hall–Kier alpha value is -0.0800. The molecule has 0 bridgehead atoms. The second-order valence-electron chi connectivity index (χ2n) is 5.35. The molecule has 0 spiro atoms. The van der Waals surface area contributed by atoms with E-state index in [0.717, 1.165) is 12.0 Å². The van der Waals surface area contributed by atoms with E-state index in [4.69, 9.17) is 0 Å². The third kappa shape index (κ3) is 5.31. The lowest BCUT2D eigenvalue weighted by Crippen LogP contribution is -2.36. The minimum absolute atomic E-state index is 0.737. The van der Waals surface area contributed by atoms with Crippen LogP contribution in [0.1, 0.15) is 52.9 Å². The summed E-state index contributed by atoms with van der Waals surface area (Å²) in [5, 5.41) is 3.64. The Morgan fingerprint density at radius 3 is 2.38 bits per heavy atom. The van der Waals surface area contributed by atoms with Crippen LogP contribution in [0, 0.1) is 5.92 Å². The maximum Gasteiger partial charge on any atom is 0.00618 e. The molecule has 1 saturated heterocycles. The molecule has 0 aromatic rings. The number of hydrogen-bond donors (Lipinski definition) is 1. The van der Waals surface area contributed by atoms with E-state index < -0.39 is 0 Å². The summed E-state index contributed by atoms with van der Waals surface area (Å²) in [4.78, 5) is 2.63. The van der Waals surface area contributed by atoms with Gasteiger partial charge in [-0.15, -0.1) is 0 Å². The summed E-state index contributed by atoms with van der Waals surface area (Å²) in [6.07, 6.45) is 6.64. The summed E-state index contributed by atoms with van der Waals surface area (Å²) in [5.41, 5.74) is 0. The number of hydrogen-bond acceptors (Lipinski definition) is 2. The van der Waals surface area contributed by atoms with E-state index in [2.05, 4.69) is 31.0 Å². The minimum Gasteiger partial charge on any atom is -0.314 e. The maximum atomic E-state index is 3.64. The molecule has 1 aliphatic heterocycles. The van der Waals surface area contributed by atoms with E-state index in [0.29, 0.717) is 0 Å². The normalized spacial score (nSPS) is 19.5. The van der Waals surface area contributed by atoms with Crippen molar-refractivity contribution < 1.29 is 0 Å². The van der Waals surface area contributed by atoms with E-state index in [9.17, 15) is 0 Å². The van der Waals surface area contributed by atoms with Gasteiger partial charge in [-0.1, -0.05) is 20.8 Å². The molecule has 16 heavy (non-hydrogen) atoms. The van der Waals surface area contributed by atoms with Gasteiger partial charge in [0.15, 0.2) is 0 Å². The first-order valence-corrected chi connectivity index (χ1v) is 7.22. The highest BCUT2D eigenvalue weighted by atomic mass is 15.1. The molecule has 1 heterocycles. The largest absolute Gasteiger partial charge is 0.314 e. The highest BCUT2D eigenvalue weighted by molar-refractivity contribution is 4.70. The maximum absolute atomic E-state index is 3.64. The van der Waals surface area contributed by atoms with Gasteiger partial charge in [-0.3, -0.25) is 0 Å². The van der Waals surface area contributed by atoms with Crippen molar-refractivity contribution in [1.29, 1.82) is 0 Å². The first-order valence-electron chi connectivity index (χ1n) is 7.22. The number of piperidine rings is 1. The highest BCUT2D eigenvalue weighted by Crippen LogP contribution is 2.15. The van der Waals surface area contributed by atoms with Crippen LogP contribution in [0.25, 0.3) is 0 Å². The molecule has 0 amide bonds. The van der Waals surface area contributed by atoms with E-state index in [-0.39, 0.29) is 0 Å². The summed E-state index contributed by atoms with van der Waals surface area (Å²) in [7, 11) is 0. The molecule has 1 fully saturated rings. The standard InChI is InChI=1S/C14H30N2/c1-4-14(5-2)15-9-6-10-16-11-7-13(3)8-12-16/h13-15H,4-12H2,1-3H3. The van der Waals surface area contributed by atoms with E-state index in [1.54, 1.807) is 0 Å². The molecule has 0 aliphatic carbocycles. The van der Waals surface area contributed by atoms with Gasteiger partial charge in [0.2, 0.25) is 0 Å². The molecule has 2 nitrogen and oxygen atoms in total. The van der Waals surface area contributed by atoms with E-state index in [1.807, 2.05) is 0 Å². The lowest BCUT2D eigenvalue weighted by Gasteiger charge is -2.30. The molecule has 0 aromatic carbocycles. The van der Waals surface area contributed by atoms with Crippen molar-refractivity contribution >= 4 is 0 Å². The van der Waals surface area contributed by atoms with Crippen LogP contribution in [-0.2, 0) is 0 Å². The first kappa shape index (κ1) is 14.0. The van der Waals surface area contributed by atoms with Gasteiger partial charge >= 0.3 is 0 Å². The molecule has 1 rings (SSSR count). The van der Waals surface area contributed by atoms with Gasteiger partial charge in [0.1, 0.15) is 0 Å². The average Bonchev–Trinajstić information content (AvgIpc) is 2.32. The van der Waals surface area contributed by atoms with Crippen molar-refractivity contribution in [3.63, 3.8) is 0 Å². The predicted molar refractivity (Wildman–Crippen MR) is 71.8 cm³/mol. The number of rotatable bonds is 7. The molecule has 1 N–H and O–H groups in total. The molecule has 0 atom stereocenters. The lowest BCUT2D eigenvalue weighted by molar-refractivity contribution is 0.189. The smallest absolute Gasteiger partial charge is 0.00618 e. The van der Waals surface area contributed by atoms with Crippen molar-refractivity contribution in [3.8, 4) is 0 Å². The Labute approximate surface area is 102 Å². The van der Waals surface area contributed by atoms with Crippen molar-refractivity contribution in [3.05, 3.63) is 0 Å². The predicted octanol–water partition coefficient (Wildman–Crippen LogP) is 2.89. The molecule has 0 radical (unpaired) electrons. The quantitative estimate of drug-likeness (QED) is 0.672. The third-order valence-corrected chi connectivity index (χ3v) is 3.95. The molecular formula is C14H30N2. The molecular weight excluding hydrogens is 196 g/mol. The Bertz CT molecular complexity index is 158. The van der Waals surface area contributed by atoms with Crippen LogP contribution < -0.4 is 5.32 Å². The fourth-order valence-corrected chi connectivity index (χ4v) is 2.47. The fraction of sp³-hybridized carbons (Fsp3) is 1.00. The van der Waals surface area contributed by atoms with Crippen molar-refractivity contribution in [2.24, 2.45) is 5.92 Å². The van der Waals surface area contributed by atoms with Crippen LogP contribution in [-0.4, -0.2) is 37.1 Å². The molecule has 96 valence electrons. The fourth-order valence-electron chi connectivity index (χ4n) is 2.47. The van der Waals surface area contributed by atoms with Crippen molar-refractivity contribution in [2.75, 3.05) is 26.2 Å². The van der Waals surface area contributed by atoms with Crippen molar-refractivity contribution in [2.45, 2.75) is 58.9 Å². The molecule has 2 heteroatoms. The summed E-state index contributed by atoms with van der Waals surface area (Å²) in [6, 6.07) is 0.737. The Morgan fingerprint density at radius 1 is 1.19 bits per heavy atom. The minimum atomic E-state index is 0.737. The molecule has 0 aromatic heterocycles. The van der Waals surface area contributed by atoms with Gasteiger partial charge in [-0.05, 0) is 64.2 Å². The highest BCUT2D eigenvalue weighted by Gasteiger charge is 2.14. The van der Waals surface area contributed by atoms with Crippen molar-refractivity contribution in [1.82, 2.24) is 10.2 Å². The van der Waals surface area contributed by atoms with Crippen LogP contribution in [0.3, 0.4) is 0 Å². The molecule has 0 unspecified atom stereocenters. The van der Waals surface area contributed by atoms with Gasteiger partial charge in [-0.2, -0.15) is 0 Å². The monoisotopic (exact) mass is 226 g/mol. The zero-order chi connectivity index (χ0) is 11.8. The van der Waals surface area contributed by atoms with Gasteiger partial charge in [0.05, 0.1) is 0 Å². The Balaban J connectivity index is 1.98. The van der Waals surface area contributed by atoms with Gasteiger partial charge in [0, 0.05) is 6.04 Å². The number of nitrogens with one attached hydrogen (secondary N) is 1. The van der Waals surface area contributed by atoms with E-state index in [1.165, 1.54) is 58.3 Å². The Kier molecular flexibility index (Phi) is 7.06. The second-order valence-corrected chi connectivity index (χ2v) is 5.35. The van der Waals surface area contributed by atoms with E-state index >= 15 is 0 Å². The number of nitrogens with zero attached hydrogens (tertiary/aromatic N) is 1. The summed E-state index contributed by atoms with van der Waals surface area (Å²) < 4.78 is 0. The first-order chi connectivity index (χ1) is 7.76. The zero-order valence-electron chi connectivity index (χ0n) is 11.5. The van der Waals surface area contributed by atoms with Crippen LogP contribution in [0.5, 0.6) is 0 Å². The van der Waals surface area contributed by atoms with Crippen LogP contribution in [0.2, 0.25) is 0 Å². The summed E-state index contributed by atoms with van der Waals surface area (Å²) >= 11 is 0. The van der Waals surface area contributed by atoms with Gasteiger partial charge in [0.25, 0.3) is 0 Å². The summed E-state index contributed by atoms with van der Waals surface area (Å²) in [5.74, 6) is 0.957.